The predicted octanol–water partition coefficient (Wildman–Crippen LogP) is 3.34. The third-order valence-electron chi connectivity index (χ3n) is 3.28. The van der Waals surface area contributed by atoms with E-state index in [2.05, 4.69) is 4.98 Å². The van der Waals surface area contributed by atoms with E-state index in [0.717, 1.165) is 11.3 Å². The minimum Gasteiger partial charge on any atom is -0.304 e. The molecule has 0 saturated carbocycles. The van der Waals surface area contributed by atoms with Gasteiger partial charge in [-0.15, -0.1) is 0 Å². The summed E-state index contributed by atoms with van der Waals surface area (Å²) in [5.74, 6) is -0.672. The van der Waals surface area contributed by atoms with Crippen molar-refractivity contribution in [2.24, 2.45) is 0 Å². The molecule has 0 fully saturated rings. The van der Waals surface area contributed by atoms with Crippen LogP contribution in [0.1, 0.15) is 5.69 Å². The maximum atomic E-state index is 13.9. The highest BCUT2D eigenvalue weighted by atomic mass is 19.1. The van der Waals surface area contributed by atoms with Crippen molar-refractivity contribution in [1.29, 1.82) is 0 Å². The molecule has 0 aliphatic rings. The van der Waals surface area contributed by atoms with Gasteiger partial charge < -0.3 is 4.90 Å². The van der Waals surface area contributed by atoms with E-state index < -0.39 is 0 Å². The van der Waals surface area contributed by atoms with Gasteiger partial charge in [0.25, 0.3) is 0 Å². The second-order valence-corrected chi connectivity index (χ2v) is 5.20. The van der Waals surface area contributed by atoms with Gasteiger partial charge in [0.1, 0.15) is 5.82 Å². The Bertz CT molecular complexity index is 776. The molecule has 3 nitrogen and oxygen atoms in total. The van der Waals surface area contributed by atoms with Gasteiger partial charge in [-0.2, -0.15) is 0 Å². The summed E-state index contributed by atoms with van der Waals surface area (Å²) in [5, 5.41) is 0. The summed E-state index contributed by atoms with van der Waals surface area (Å²) >= 11 is 0. The lowest BCUT2D eigenvalue weighted by molar-refractivity contribution is 0.396. The minimum atomic E-state index is -0.370. The summed E-state index contributed by atoms with van der Waals surface area (Å²) in [6.07, 6.45) is 1.79. The molecule has 2 aromatic heterocycles. The van der Waals surface area contributed by atoms with Crippen molar-refractivity contribution in [2.45, 2.75) is 6.54 Å². The molecule has 1 aromatic carbocycles. The van der Waals surface area contributed by atoms with Crippen LogP contribution in [0.2, 0.25) is 0 Å². The van der Waals surface area contributed by atoms with Crippen LogP contribution in [0.25, 0.3) is 16.9 Å². The van der Waals surface area contributed by atoms with Gasteiger partial charge in [-0.3, -0.25) is 4.40 Å². The second kappa shape index (κ2) is 5.26. The quantitative estimate of drug-likeness (QED) is 0.736. The van der Waals surface area contributed by atoms with Crippen molar-refractivity contribution in [3.63, 3.8) is 0 Å². The Hall–Kier alpha value is -2.27. The van der Waals surface area contributed by atoms with Gasteiger partial charge in [0.2, 0.25) is 0 Å². The highest BCUT2D eigenvalue weighted by Crippen LogP contribution is 2.26. The number of nitrogens with zero attached hydrogens (tertiary/aromatic N) is 3. The topological polar surface area (TPSA) is 20.5 Å². The lowest BCUT2D eigenvalue weighted by Gasteiger charge is -2.11. The van der Waals surface area contributed by atoms with E-state index in [0.29, 0.717) is 12.2 Å². The first-order valence-corrected chi connectivity index (χ1v) is 6.62. The first kappa shape index (κ1) is 13.7. The molecule has 0 amide bonds. The number of imidazole rings is 1. The van der Waals surface area contributed by atoms with Crippen LogP contribution < -0.4 is 0 Å². The largest absolute Gasteiger partial charge is 0.304 e. The van der Waals surface area contributed by atoms with Crippen molar-refractivity contribution < 1.29 is 8.78 Å². The first-order valence-electron chi connectivity index (χ1n) is 6.62. The summed E-state index contributed by atoms with van der Waals surface area (Å²) in [6, 6.07) is 9.13. The molecule has 0 aliphatic heterocycles. The number of fused-ring (bicyclic) bond motifs is 1. The third kappa shape index (κ3) is 2.52. The van der Waals surface area contributed by atoms with E-state index in [4.69, 9.17) is 0 Å². The molecule has 108 valence electrons. The Morgan fingerprint density at radius 2 is 1.81 bits per heavy atom. The van der Waals surface area contributed by atoms with Crippen LogP contribution >= 0.6 is 0 Å². The molecule has 5 heteroatoms. The van der Waals surface area contributed by atoms with Crippen molar-refractivity contribution in [3.8, 4) is 11.3 Å². The SMILES string of the molecule is CN(C)Cc1c(-c2ccc(F)cc2)nc2c(F)cccn12. The molecule has 0 unspecified atom stereocenters. The maximum absolute atomic E-state index is 13.9. The number of aromatic nitrogens is 2. The fourth-order valence-electron chi connectivity index (χ4n) is 2.37. The van der Waals surface area contributed by atoms with Gasteiger partial charge in [-0.05, 0) is 50.5 Å². The predicted molar refractivity (Wildman–Crippen MR) is 77.9 cm³/mol. The van der Waals surface area contributed by atoms with Crippen LogP contribution in [0.3, 0.4) is 0 Å². The molecular weight excluding hydrogens is 272 g/mol. The molecule has 0 aliphatic carbocycles. The zero-order valence-corrected chi connectivity index (χ0v) is 11.8. The molecule has 0 saturated heterocycles. The van der Waals surface area contributed by atoms with Crippen LogP contribution in [0.5, 0.6) is 0 Å². The van der Waals surface area contributed by atoms with E-state index >= 15 is 0 Å². The van der Waals surface area contributed by atoms with Gasteiger partial charge in [-0.25, -0.2) is 13.8 Å². The molecule has 0 radical (unpaired) electrons. The summed E-state index contributed by atoms with van der Waals surface area (Å²) in [4.78, 5) is 6.39. The smallest absolute Gasteiger partial charge is 0.174 e. The number of rotatable bonds is 3. The zero-order valence-electron chi connectivity index (χ0n) is 11.8. The van der Waals surface area contributed by atoms with Crippen LogP contribution in [0.4, 0.5) is 8.78 Å². The summed E-state index contributed by atoms with van der Waals surface area (Å²) < 4.78 is 28.8. The number of benzene rings is 1. The minimum absolute atomic E-state index is 0.286. The van der Waals surface area contributed by atoms with Crippen molar-refractivity contribution in [2.75, 3.05) is 14.1 Å². The van der Waals surface area contributed by atoms with E-state index in [1.165, 1.54) is 18.2 Å². The molecule has 21 heavy (non-hydrogen) atoms. The van der Waals surface area contributed by atoms with Crippen molar-refractivity contribution in [3.05, 3.63) is 59.9 Å². The van der Waals surface area contributed by atoms with E-state index in [1.807, 2.05) is 19.0 Å². The monoisotopic (exact) mass is 287 g/mol. The fourth-order valence-corrected chi connectivity index (χ4v) is 2.37. The van der Waals surface area contributed by atoms with Crippen LogP contribution in [0, 0.1) is 11.6 Å². The summed E-state index contributed by atoms with van der Waals surface area (Å²) in [6.45, 7) is 0.608. The number of halogens is 2. The normalized spacial score (nSPS) is 11.5. The highest BCUT2D eigenvalue weighted by molar-refractivity contribution is 5.66. The van der Waals surface area contributed by atoms with E-state index in [-0.39, 0.29) is 17.3 Å². The maximum Gasteiger partial charge on any atom is 0.174 e. The Morgan fingerprint density at radius 3 is 2.48 bits per heavy atom. The number of pyridine rings is 1. The summed E-state index contributed by atoms with van der Waals surface area (Å²) in [5.41, 5.74) is 2.61. The zero-order chi connectivity index (χ0) is 15.0. The van der Waals surface area contributed by atoms with Gasteiger partial charge in [0, 0.05) is 18.3 Å². The Morgan fingerprint density at radius 1 is 1.10 bits per heavy atom. The van der Waals surface area contributed by atoms with Crippen molar-refractivity contribution >= 4 is 5.65 Å². The van der Waals surface area contributed by atoms with Gasteiger partial charge >= 0.3 is 0 Å². The number of hydrogen-bond donors (Lipinski definition) is 0. The van der Waals surface area contributed by atoms with E-state index in [1.54, 1.807) is 28.8 Å². The van der Waals surface area contributed by atoms with Crippen LogP contribution in [-0.2, 0) is 6.54 Å². The Balaban J connectivity index is 2.25. The Labute approximate surface area is 121 Å². The average Bonchev–Trinajstić information content (AvgIpc) is 2.80. The molecule has 3 rings (SSSR count). The van der Waals surface area contributed by atoms with Crippen molar-refractivity contribution in [1.82, 2.24) is 14.3 Å². The van der Waals surface area contributed by atoms with Gasteiger partial charge in [0.15, 0.2) is 11.5 Å². The number of hydrogen-bond acceptors (Lipinski definition) is 2. The average molecular weight is 287 g/mol. The van der Waals surface area contributed by atoms with Crippen LogP contribution in [-0.4, -0.2) is 28.4 Å². The van der Waals surface area contributed by atoms with Gasteiger partial charge in [0.05, 0.1) is 11.4 Å². The molecule has 2 heterocycles. The molecule has 3 aromatic rings. The standard InChI is InChI=1S/C16H15F2N3/c1-20(2)10-14-15(11-5-7-12(17)8-6-11)19-16-13(18)4-3-9-21(14)16/h3-9H,10H2,1-2H3. The highest BCUT2D eigenvalue weighted by Gasteiger charge is 2.16. The van der Waals surface area contributed by atoms with Crippen LogP contribution in [0.15, 0.2) is 42.6 Å². The molecule has 0 bridgehead atoms. The lowest BCUT2D eigenvalue weighted by Crippen LogP contribution is -2.13. The first-order chi connectivity index (χ1) is 10.1. The van der Waals surface area contributed by atoms with Gasteiger partial charge in [-0.1, -0.05) is 0 Å². The van der Waals surface area contributed by atoms with E-state index in [9.17, 15) is 8.78 Å². The lowest BCUT2D eigenvalue weighted by atomic mass is 10.1. The molecule has 0 atom stereocenters. The molecule has 0 spiro atoms. The summed E-state index contributed by atoms with van der Waals surface area (Å²) in [7, 11) is 3.88. The fraction of sp³-hybridized carbons (Fsp3) is 0.188. The third-order valence-corrected chi connectivity index (χ3v) is 3.28. The molecule has 0 N–H and O–H groups in total. The molecular formula is C16H15F2N3. The Kier molecular flexibility index (Phi) is 3.43. The second-order valence-electron chi connectivity index (χ2n) is 5.20.